The SMILES string of the molecule is O=C([O-])[C@@H]1CS[C@@H](c2ccc(OCc3cccc4ccccc34)cc2)[NH2+]1. The van der Waals surface area contributed by atoms with E-state index in [1.165, 1.54) is 10.8 Å². The summed E-state index contributed by atoms with van der Waals surface area (Å²) in [6.45, 7) is 0.512. The molecular formula is C21H19NO3S. The zero-order valence-electron chi connectivity index (χ0n) is 14.1. The van der Waals surface area contributed by atoms with Crippen LogP contribution in [-0.2, 0) is 11.4 Å². The van der Waals surface area contributed by atoms with Crippen molar-refractivity contribution >= 4 is 28.5 Å². The van der Waals surface area contributed by atoms with E-state index in [-0.39, 0.29) is 5.37 Å². The molecule has 0 spiro atoms. The van der Waals surface area contributed by atoms with E-state index >= 15 is 0 Å². The number of hydrogen-bond donors (Lipinski definition) is 1. The minimum Gasteiger partial charge on any atom is -0.544 e. The Morgan fingerprint density at radius 1 is 1.08 bits per heavy atom. The Hall–Kier alpha value is -2.50. The second-order valence-corrected chi connectivity index (χ2v) is 7.54. The van der Waals surface area contributed by atoms with E-state index in [4.69, 9.17) is 4.74 Å². The van der Waals surface area contributed by atoms with E-state index in [2.05, 4.69) is 24.3 Å². The largest absolute Gasteiger partial charge is 0.544 e. The van der Waals surface area contributed by atoms with Crippen molar-refractivity contribution in [2.45, 2.75) is 18.0 Å². The number of carboxylic acid groups (broad SMARTS) is 1. The van der Waals surface area contributed by atoms with Gasteiger partial charge in [-0.05, 0) is 40.6 Å². The summed E-state index contributed by atoms with van der Waals surface area (Å²) in [5.74, 6) is 0.392. The van der Waals surface area contributed by atoms with Gasteiger partial charge in [0.15, 0.2) is 5.37 Å². The summed E-state index contributed by atoms with van der Waals surface area (Å²) in [6.07, 6.45) is 0. The lowest BCUT2D eigenvalue weighted by atomic mass is 10.1. The number of benzene rings is 3. The molecule has 0 unspecified atom stereocenters. The molecule has 2 atom stereocenters. The molecule has 26 heavy (non-hydrogen) atoms. The summed E-state index contributed by atoms with van der Waals surface area (Å²) < 4.78 is 5.96. The number of rotatable bonds is 5. The van der Waals surface area contributed by atoms with Crippen LogP contribution in [0.1, 0.15) is 16.5 Å². The summed E-state index contributed by atoms with van der Waals surface area (Å²) >= 11 is 1.63. The summed E-state index contributed by atoms with van der Waals surface area (Å²) in [5.41, 5.74) is 2.25. The van der Waals surface area contributed by atoms with Crippen LogP contribution in [0.4, 0.5) is 0 Å². The second-order valence-electron chi connectivity index (χ2n) is 6.37. The molecule has 3 aromatic carbocycles. The van der Waals surface area contributed by atoms with Crippen molar-refractivity contribution < 1.29 is 20.0 Å². The van der Waals surface area contributed by atoms with Gasteiger partial charge in [-0.1, -0.05) is 54.2 Å². The third-order valence-electron chi connectivity index (χ3n) is 4.65. The van der Waals surface area contributed by atoms with Gasteiger partial charge in [0.25, 0.3) is 0 Å². The number of fused-ring (bicyclic) bond motifs is 1. The summed E-state index contributed by atoms with van der Waals surface area (Å²) in [6, 6.07) is 21.9. The van der Waals surface area contributed by atoms with Gasteiger partial charge >= 0.3 is 0 Å². The Bertz CT molecular complexity index is 921. The summed E-state index contributed by atoms with van der Waals surface area (Å²) in [7, 11) is 0. The maximum atomic E-state index is 11.0. The first-order chi connectivity index (χ1) is 12.7. The molecule has 5 heteroatoms. The lowest BCUT2D eigenvalue weighted by Gasteiger charge is -2.12. The van der Waals surface area contributed by atoms with Crippen molar-refractivity contribution in [2.24, 2.45) is 0 Å². The minimum absolute atomic E-state index is 0.102. The molecular weight excluding hydrogens is 346 g/mol. The van der Waals surface area contributed by atoms with Crippen LogP contribution in [0.3, 0.4) is 0 Å². The number of carboxylic acids is 1. The van der Waals surface area contributed by atoms with Gasteiger partial charge in [0, 0.05) is 5.56 Å². The van der Waals surface area contributed by atoms with Crippen LogP contribution < -0.4 is 15.2 Å². The molecule has 0 aliphatic carbocycles. The molecule has 0 amide bonds. The Kier molecular flexibility index (Phi) is 4.82. The second kappa shape index (κ2) is 7.40. The molecule has 0 aromatic heterocycles. The van der Waals surface area contributed by atoms with Crippen molar-refractivity contribution in [3.63, 3.8) is 0 Å². The first kappa shape index (κ1) is 16.9. The Morgan fingerprint density at radius 3 is 2.62 bits per heavy atom. The number of hydrogen-bond acceptors (Lipinski definition) is 4. The van der Waals surface area contributed by atoms with Crippen LogP contribution >= 0.6 is 11.8 Å². The number of carbonyl (C=O) groups excluding carboxylic acids is 1. The smallest absolute Gasteiger partial charge is 0.159 e. The van der Waals surface area contributed by atoms with Gasteiger partial charge in [0.1, 0.15) is 24.4 Å². The number of thioether (sulfide) groups is 1. The monoisotopic (exact) mass is 365 g/mol. The highest BCUT2D eigenvalue weighted by atomic mass is 32.2. The molecule has 4 rings (SSSR count). The molecule has 132 valence electrons. The van der Waals surface area contributed by atoms with Crippen LogP contribution in [-0.4, -0.2) is 17.8 Å². The van der Waals surface area contributed by atoms with Crippen LogP contribution in [0.2, 0.25) is 0 Å². The molecule has 0 bridgehead atoms. The zero-order valence-corrected chi connectivity index (χ0v) is 14.9. The van der Waals surface area contributed by atoms with Gasteiger partial charge in [-0.25, -0.2) is 0 Å². The molecule has 1 fully saturated rings. The number of aliphatic carboxylic acids is 1. The van der Waals surface area contributed by atoms with Gasteiger partial charge in [0.05, 0.1) is 5.75 Å². The van der Waals surface area contributed by atoms with Gasteiger partial charge < -0.3 is 20.0 Å². The summed E-state index contributed by atoms with van der Waals surface area (Å²) in [5, 5.41) is 15.3. The third-order valence-corrected chi connectivity index (χ3v) is 5.99. The van der Waals surface area contributed by atoms with E-state index in [1.807, 2.05) is 47.8 Å². The predicted molar refractivity (Wildman–Crippen MR) is 101 cm³/mol. The van der Waals surface area contributed by atoms with E-state index in [9.17, 15) is 9.90 Å². The lowest BCUT2D eigenvalue weighted by Crippen LogP contribution is -2.90. The number of ether oxygens (including phenoxy) is 1. The standard InChI is InChI=1S/C21H19NO3S/c23-21(24)19-13-26-20(22-19)15-8-10-17(11-9-15)25-12-16-6-3-5-14-4-1-2-7-18(14)16/h1-11,19-20,22H,12-13H2,(H,23,24)/t19-,20-/m0/s1. The van der Waals surface area contributed by atoms with Crippen LogP contribution in [0.15, 0.2) is 66.7 Å². The van der Waals surface area contributed by atoms with Crippen molar-refractivity contribution in [1.82, 2.24) is 0 Å². The van der Waals surface area contributed by atoms with Crippen molar-refractivity contribution in [3.8, 4) is 5.75 Å². The van der Waals surface area contributed by atoms with Crippen LogP contribution in [0.5, 0.6) is 5.75 Å². The van der Waals surface area contributed by atoms with Crippen molar-refractivity contribution in [1.29, 1.82) is 0 Å². The molecule has 1 heterocycles. The zero-order chi connectivity index (χ0) is 17.9. The van der Waals surface area contributed by atoms with Gasteiger partial charge in [-0.3, -0.25) is 0 Å². The molecule has 0 radical (unpaired) electrons. The van der Waals surface area contributed by atoms with Crippen LogP contribution in [0, 0.1) is 0 Å². The molecule has 3 aromatic rings. The van der Waals surface area contributed by atoms with E-state index < -0.39 is 12.0 Å². The topological polar surface area (TPSA) is 66.0 Å². The normalized spacial score (nSPS) is 19.5. The fourth-order valence-corrected chi connectivity index (χ4v) is 4.53. The Labute approximate surface area is 156 Å². The summed E-state index contributed by atoms with van der Waals surface area (Å²) in [4.78, 5) is 11.0. The number of nitrogens with two attached hydrogens (primary N) is 1. The first-order valence-corrected chi connectivity index (χ1v) is 9.62. The van der Waals surface area contributed by atoms with Crippen LogP contribution in [0.25, 0.3) is 10.8 Å². The average molecular weight is 365 g/mol. The molecule has 2 N–H and O–H groups in total. The maximum absolute atomic E-state index is 11.0. The molecule has 1 aliphatic rings. The highest BCUT2D eigenvalue weighted by molar-refractivity contribution is 7.99. The Morgan fingerprint density at radius 2 is 1.85 bits per heavy atom. The molecule has 1 saturated heterocycles. The first-order valence-electron chi connectivity index (χ1n) is 8.57. The lowest BCUT2D eigenvalue weighted by molar-refractivity contribution is -0.690. The van der Waals surface area contributed by atoms with Gasteiger partial charge in [0.2, 0.25) is 0 Å². The highest BCUT2D eigenvalue weighted by Gasteiger charge is 2.30. The fraction of sp³-hybridized carbons (Fsp3) is 0.190. The third kappa shape index (κ3) is 3.54. The molecule has 4 nitrogen and oxygen atoms in total. The quantitative estimate of drug-likeness (QED) is 0.749. The van der Waals surface area contributed by atoms with Crippen molar-refractivity contribution in [3.05, 3.63) is 77.9 Å². The van der Waals surface area contributed by atoms with E-state index in [0.717, 1.165) is 16.9 Å². The highest BCUT2D eigenvalue weighted by Crippen LogP contribution is 2.28. The van der Waals surface area contributed by atoms with E-state index in [0.29, 0.717) is 12.4 Å². The van der Waals surface area contributed by atoms with Crippen molar-refractivity contribution in [2.75, 3.05) is 5.75 Å². The maximum Gasteiger partial charge on any atom is 0.159 e. The Balaban J connectivity index is 1.42. The fourth-order valence-electron chi connectivity index (χ4n) is 3.22. The average Bonchev–Trinajstić information content (AvgIpc) is 3.17. The number of quaternary nitrogens is 1. The van der Waals surface area contributed by atoms with Gasteiger partial charge in [-0.2, -0.15) is 0 Å². The van der Waals surface area contributed by atoms with E-state index in [1.54, 1.807) is 11.8 Å². The minimum atomic E-state index is -0.991. The van der Waals surface area contributed by atoms with Gasteiger partial charge in [-0.15, -0.1) is 0 Å². The molecule has 1 aliphatic heterocycles. The predicted octanol–water partition coefficient (Wildman–Crippen LogP) is 1.85. The molecule has 0 saturated carbocycles. The number of carbonyl (C=O) groups is 1.